The summed E-state index contributed by atoms with van der Waals surface area (Å²) in [5.74, 6) is 0.229. The van der Waals surface area contributed by atoms with E-state index < -0.39 is 11.7 Å². The van der Waals surface area contributed by atoms with Gasteiger partial charge in [-0.25, -0.2) is 0 Å². The average Bonchev–Trinajstić information content (AvgIpc) is 2.14. The molecule has 15 heavy (non-hydrogen) atoms. The number of nitrogens with two attached hydrogens (primary N) is 1. The Kier molecular flexibility index (Phi) is 3.87. The minimum atomic E-state index is -4.41. The maximum absolute atomic E-state index is 12.5. The molecule has 0 heterocycles. The lowest BCUT2D eigenvalue weighted by Gasteiger charge is -2.12. The van der Waals surface area contributed by atoms with Crippen LogP contribution in [0.1, 0.15) is 5.56 Å². The van der Waals surface area contributed by atoms with Gasteiger partial charge in [-0.3, -0.25) is 0 Å². The first-order chi connectivity index (χ1) is 6.95. The lowest BCUT2D eigenvalue weighted by molar-refractivity contribution is -0.139. The van der Waals surface area contributed by atoms with Crippen molar-refractivity contribution in [3.63, 3.8) is 0 Å². The zero-order chi connectivity index (χ0) is 11.5. The van der Waals surface area contributed by atoms with Crippen LogP contribution in [0.5, 0.6) is 0 Å². The van der Waals surface area contributed by atoms with Crippen molar-refractivity contribution >= 4 is 17.4 Å². The Morgan fingerprint density at radius 1 is 1.33 bits per heavy atom. The number of alkyl halides is 3. The van der Waals surface area contributed by atoms with E-state index in [2.05, 4.69) is 0 Å². The molecule has 0 radical (unpaired) electrons. The molecular weight excluding hydrogens is 227 g/mol. The zero-order valence-electron chi connectivity index (χ0n) is 7.71. The highest BCUT2D eigenvalue weighted by Gasteiger charge is 2.33. The Morgan fingerprint density at radius 2 is 2.00 bits per heavy atom. The maximum Gasteiger partial charge on any atom is 0.417 e. The third-order valence-corrected chi connectivity index (χ3v) is 2.71. The predicted octanol–water partition coefficient (Wildman–Crippen LogP) is 2.37. The predicted molar refractivity (Wildman–Crippen MR) is 53.7 cm³/mol. The standard InChI is InChI=1S/C9H10F3NOS/c10-9(11,12)7-5-6(13)1-2-8(7)15-4-3-14/h1-2,5,14H,3-4,13H2. The Labute approximate surface area is 89.3 Å². The summed E-state index contributed by atoms with van der Waals surface area (Å²) in [5, 5.41) is 8.55. The number of aliphatic hydroxyl groups is 1. The number of anilines is 1. The van der Waals surface area contributed by atoms with Crippen LogP contribution in [0, 0.1) is 0 Å². The second-order valence-corrected chi connectivity index (χ2v) is 3.96. The largest absolute Gasteiger partial charge is 0.417 e. The molecular formula is C9H10F3NOS. The number of benzene rings is 1. The highest BCUT2D eigenvalue weighted by atomic mass is 32.2. The minimum Gasteiger partial charge on any atom is -0.399 e. The number of aliphatic hydroxyl groups excluding tert-OH is 1. The molecule has 0 amide bonds. The monoisotopic (exact) mass is 237 g/mol. The summed E-state index contributed by atoms with van der Waals surface area (Å²) in [7, 11) is 0. The van der Waals surface area contributed by atoms with Gasteiger partial charge in [0.15, 0.2) is 0 Å². The van der Waals surface area contributed by atoms with Gasteiger partial charge in [0.25, 0.3) is 0 Å². The van der Waals surface area contributed by atoms with Gasteiger partial charge in [-0.2, -0.15) is 13.2 Å². The molecule has 0 aliphatic heterocycles. The quantitative estimate of drug-likeness (QED) is 0.626. The number of hydrogen-bond acceptors (Lipinski definition) is 3. The molecule has 0 unspecified atom stereocenters. The smallest absolute Gasteiger partial charge is 0.399 e. The highest BCUT2D eigenvalue weighted by molar-refractivity contribution is 7.99. The van der Waals surface area contributed by atoms with Crippen LogP contribution in [-0.2, 0) is 6.18 Å². The molecule has 1 aromatic rings. The molecule has 0 fully saturated rings. The Balaban J connectivity index is 3.04. The minimum absolute atomic E-state index is 0.0793. The summed E-state index contributed by atoms with van der Waals surface area (Å²) in [6.07, 6.45) is -4.41. The number of thioether (sulfide) groups is 1. The van der Waals surface area contributed by atoms with Crippen molar-refractivity contribution in [2.24, 2.45) is 0 Å². The second kappa shape index (κ2) is 4.76. The van der Waals surface area contributed by atoms with Crippen molar-refractivity contribution in [1.82, 2.24) is 0 Å². The summed E-state index contributed by atoms with van der Waals surface area (Å²) in [6, 6.07) is 3.63. The van der Waals surface area contributed by atoms with Crippen LogP contribution in [0.3, 0.4) is 0 Å². The lowest BCUT2D eigenvalue weighted by atomic mass is 10.2. The summed E-state index contributed by atoms with van der Waals surface area (Å²) in [4.78, 5) is 0.0887. The van der Waals surface area contributed by atoms with Crippen LogP contribution >= 0.6 is 11.8 Å². The fourth-order valence-corrected chi connectivity index (χ4v) is 1.86. The summed E-state index contributed by atoms with van der Waals surface area (Å²) in [5.41, 5.74) is 4.62. The van der Waals surface area contributed by atoms with Crippen LogP contribution in [-0.4, -0.2) is 17.5 Å². The van der Waals surface area contributed by atoms with Crippen LogP contribution in [0.4, 0.5) is 18.9 Å². The highest BCUT2D eigenvalue weighted by Crippen LogP contribution is 2.37. The first-order valence-electron chi connectivity index (χ1n) is 4.15. The van der Waals surface area contributed by atoms with Gasteiger partial charge >= 0.3 is 6.18 Å². The number of hydrogen-bond donors (Lipinski definition) is 2. The molecule has 6 heteroatoms. The van der Waals surface area contributed by atoms with Crippen LogP contribution in [0.25, 0.3) is 0 Å². The number of nitrogen functional groups attached to an aromatic ring is 1. The van der Waals surface area contributed by atoms with Gasteiger partial charge in [-0.1, -0.05) is 0 Å². The van der Waals surface area contributed by atoms with Crippen molar-refractivity contribution in [3.8, 4) is 0 Å². The molecule has 0 bridgehead atoms. The van der Waals surface area contributed by atoms with E-state index in [-0.39, 0.29) is 22.9 Å². The van der Waals surface area contributed by atoms with E-state index in [9.17, 15) is 13.2 Å². The molecule has 1 rings (SSSR count). The third-order valence-electron chi connectivity index (χ3n) is 1.66. The maximum atomic E-state index is 12.5. The van der Waals surface area contributed by atoms with E-state index in [0.29, 0.717) is 0 Å². The topological polar surface area (TPSA) is 46.2 Å². The fraction of sp³-hybridized carbons (Fsp3) is 0.333. The third kappa shape index (κ3) is 3.32. The van der Waals surface area contributed by atoms with Gasteiger partial charge in [-0.05, 0) is 18.2 Å². The normalized spacial score (nSPS) is 11.7. The van der Waals surface area contributed by atoms with Crippen LogP contribution in [0.2, 0.25) is 0 Å². The number of rotatable bonds is 3. The van der Waals surface area contributed by atoms with E-state index in [1.165, 1.54) is 12.1 Å². The molecule has 0 aliphatic rings. The summed E-state index contributed by atoms with van der Waals surface area (Å²) < 4.78 is 37.6. The molecule has 0 aliphatic carbocycles. The van der Waals surface area contributed by atoms with E-state index >= 15 is 0 Å². The Hall–Kier alpha value is -0.880. The van der Waals surface area contributed by atoms with E-state index in [1.54, 1.807) is 0 Å². The van der Waals surface area contributed by atoms with Gasteiger partial charge < -0.3 is 10.8 Å². The SMILES string of the molecule is Nc1ccc(SCCO)c(C(F)(F)F)c1. The zero-order valence-corrected chi connectivity index (χ0v) is 8.53. The van der Waals surface area contributed by atoms with E-state index in [1.807, 2.05) is 0 Å². The van der Waals surface area contributed by atoms with Gasteiger partial charge in [0, 0.05) is 16.3 Å². The van der Waals surface area contributed by atoms with Crippen molar-refractivity contribution in [2.45, 2.75) is 11.1 Å². The molecule has 0 spiro atoms. The van der Waals surface area contributed by atoms with Crippen LogP contribution < -0.4 is 5.73 Å². The molecule has 3 N–H and O–H groups in total. The average molecular weight is 237 g/mol. The van der Waals surface area contributed by atoms with Crippen molar-refractivity contribution in [3.05, 3.63) is 23.8 Å². The molecule has 0 saturated heterocycles. The van der Waals surface area contributed by atoms with Crippen molar-refractivity contribution in [2.75, 3.05) is 18.1 Å². The molecule has 0 atom stereocenters. The Bertz CT molecular complexity index is 341. The summed E-state index contributed by atoms with van der Waals surface area (Å²) in [6.45, 7) is -0.160. The second-order valence-electron chi connectivity index (χ2n) is 2.83. The van der Waals surface area contributed by atoms with Crippen molar-refractivity contribution in [1.29, 1.82) is 0 Å². The van der Waals surface area contributed by atoms with Gasteiger partial charge in [0.1, 0.15) is 0 Å². The van der Waals surface area contributed by atoms with Crippen molar-refractivity contribution < 1.29 is 18.3 Å². The first-order valence-corrected chi connectivity index (χ1v) is 5.14. The van der Waals surface area contributed by atoms with E-state index in [4.69, 9.17) is 10.8 Å². The van der Waals surface area contributed by atoms with Gasteiger partial charge in [0.05, 0.1) is 12.2 Å². The molecule has 0 aromatic heterocycles. The Morgan fingerprint density at radius 3 is 2.53 bits per heavy atom. The number of halogens is 3. The van der Waals surface area contributed by atoms with E-state index in [0.717, 1.165) is 17.8 Å². The molecule has 1 aromatic carbocycles. The summed E-state index contributed by atoms with van der Waals surface area (Å²) >= 11 is 0.957. The molecule has 2 nitrogen and oxygen atoms in total. The van der Waals surface area contributed by atoms with Gasteiger partial charge in [-0.15, -0.1) is 11.8 Å². The molecule has 84 valence electrons. The first kappa shape index (κ1) is 12.2. The van der Waals surface area contributed by atoms with Crippen LogP contribution in [0.15, 0.2) is 23.1 Å². The van der Waals surface area contributed by atoms with Gasteiger partial charge in [0.2, 0.25) is 0 Å². The lowest BCUT2D eigenvalue weighted by Crippen LogP contribution is -2.08. The fourth-order valence-electron chi connectivity index (χ4n) is 1.05. The molecule has 0 saturated carbocycles.